The molecule has 0 saturated carbocycles. The molecule has 4 heteroatoms. The molecule has 0 heterocycles. The van der Waals surface area contributed by atoms with Gasteiger partial charge in [-0.1, -0.05) is 29.8 Å². The summed E-state index contributed by atoms with van der Waals surface area (Å²) in [4.78, 5) is 0. The predicted octanol–water partition coefficient (Wildman–Crippen LogP) is 3.03. The number of nitrogens with one attached hydrogen (secondary N) is 1. The van der Waals surface area contributed by atoms with E-state index in [0.29, 0.717) is 0 Å². The lowest BCUT2D eigenvalue weighted by molar-refractivity contribution is 0.627. The van der Waals surface area contributed by atoms with E-state index in [1.807, 2.05) is 25.1 Å². The van der Waals surface area contributed by atoms with Crippen LogP contribution in [-0.2, 0) is 0 Å². The summed E-state index contributed by atoms with van der Waals surface area (Å²) < 4.78 is 1.03. The summed E-state index contributed by atoms with van der Waals surface area (Å²) in [5.41, 5.74) is 4.70. The van der Waals surface area contributed by atoms with Crippen molar-refractivity contribution < 1.29 is 0 Å². The van der Waals surface area contributed by atoms with Crippen LogP contribution in [0, 0.1) is 3.57 Å². The number of halogens is 2. The molecule has 1 unspecified atom stereocenters. The molecule has 1 aromatic carbocycles. The Labute approximate surface area is 103 Å². The SMILES string of the molecule is C=C(C)C(NN)c1ccc(I)c(Cl)c1. The Kier molecular flexibility index (Phi) is 4.37. The second-order valence-corrected chi connectivity index (χ2v) is 4.69. The summed E-state index contributed by atoms with van der Waals surface area (Å²) in [5, 5.41) is 0.740. The van der Waals surface area contributed by atoms with Crippen LogP contribution in [0.25, 0.3) is 0 Å². The van der Waals surface area contributed by atoms with Crippen LogP contribution in [0.5, 0.6) is 0 Å². The summed E-state index contributed by atoms with van der Waals surface area (Å²) in [6, 6.07) is 5.82. The fraction of sp³-hybridized carbons (Fsp3) is 0.200. The van der Waals surface area contributed by atoms with E-state index < -0.39 is 0 Å². The lowest BCUT2D eigenvalue weighted by Crippen LogP contribution is -2.28. The highest BCUT2D eigenvalue weighted by Gasteiger charge is 2.11. The first-order valence-electron chi connectivity index (χ1n) is 4.12. The molecule has 0 radical (unpaired) electrons. The quantitative estimate of drug-likeness (QED) is 0.388. The fourth-order valence-electron chi connectivity index (χ4n) is 1.21. The van der Waals surface area contributed by atoms with Crippen LogP contribution in [0.3, 0.4) is 0 Å². The van der Waals surface area contributed by atoms with Crippen LogP contribution < -0.4 is 11.3 Å². The monoisotopic (exact) mass is 322 g/mol. The van der Waals surface area contributed by atoms with Crippen molar-refractivity contribution in [1.29, 1.82) is 0 Å². The smallest absolute Gasteiger partial charge is 0.0665 e. The third kappa shape index (κ3) is 2.70. The normalized spacial score (nSPS) is 12.6. The maximum Gasteiger partial charge on any atom is 0.0665 e. The molecule has 3 N–H and O–H groups in total. The molecule has 0 spiro atoms. The maximum atomic E-state index is 6.01. The Balaban J connectivity index is 3.06. The van der Waals surface area contributed by atoms with Gasteiger partial charge in [0.05, 0.1) is 11.1 Å². The largest absolute Gasteiger partial charge is 0.271 e. The van der Waals surface area contributed by atoms with Gasteiger partial charge in [-0.05, 0) is 47.2 Å². The minimum absolute atomic E-state index is 0.0375. The van der Waals surface area contributed by atoms with Crippen molar-refractivity contribution in [1.82, 2.24) is 5.43 Å². The Morgan fingerprint density at radius 3 is 2.71 bits per heavy atom. The van der Waals surface area contributed by atoms with E-state index in [0.717, 1.165) is 19.7 Å². The van der Waals surface area contributed by atoms with Crippen LogP contribution in [0.4, 0.5) is 0 Å². The Morgan fingerprint density at radius 1 is 1.64 bits per heavy atom. The van der Waals surface area contributed by atoms with Gasteiger partial charge in [-0.15, -0.1) is 0 Å². The lowest BCUT2D eigenvalue weighted by Gasteiger charge is -2.16. The molecule has 14 heavy (non-hydrogen) atoms. The number of nitrogens with two attached hydrogens (primary N) is 1. The highest BCUT2D eigenvalue weighted by Crippen LogP contribution is 2.25. The van der Waals surface area contributed by atoms with E-state index in [2.05, 4.69) is 34.6 Å². The second kappa shape index (κ2) is 5.11. The van der Waals surface area contributed by atoms with Gasteiger partial charge >= 0.3 is 0 Å². The predicted molar refractivity (Wildman–Crippen MR) is 69.0 cm³/mol. The third-order valence-electron chi connectivity index (χ3n) is 1.94. The van der Waals surface area contributed by atoms with Crippen molar-refractivity contribution in [2.45, 2.75) is 13.0 Å². The van der Waals surface area contributed by atoms with E-state index in [-0.39, 0.29) is 6.04 Å². The molecule has 1 aromatic rings. The van der Waals surface area contributed by atoms with Gasteiger partial charge in [-0.3, -0.25) is 5.84 Å². The zero-order valence-corrected chi connectivity index (χ0v) is 10.8. The topological polar surface area (TPSA) is 38.0 Å². The summed E-state index contributed by atoms with van der Waals surface area (Å²) in [7, 11) is 0. The molecule has 0 aliphatic carbocycles. The van der Waals surface area contributed by atoms with E-state index in [9.17, 15) is 0 Å². The number of hydrazine groups is 1. The van der Waals surface area contributed by atoms with Crippen LogP contribution >= 0.6 is 34.2 Å². The van der Waals surface area contributed by atoms with Crippen molar-refractivity contribution in [3.63, 3.8) is 0 Å². The molecule has 0 saturated heterocycles. The Bertz CT molecular complexity index is 352. The van der Waals surface area contributed by atoms with Gasteiger partial charge in [0.15, 0.2) is 0 Å². The van der Waals surface area contributed by atoms with E-state index in [1.54, 1.807) is 0 Å². The average Bonchev–Trinajstić information content (AvgIpc) is 2.11. The van der Waals surface area contributed by atoms with Crippen molar-refractivity contribution in [3.05, 3.63) is 44.5 Å². The summed E-state index contributed by atoms with van der Waals surface area (Å²) in [6.07, 6.45) is 0. The van der Waals surface area contributed by atoms with Gasteiger partial charge in [0.2, 0.25) is 0 Å². The van der Waals surface area contributed by atoms with Crippen LogP contribution in [0.2, 0.25) is 5.02 Å². The van der Waals surface area contributed by atoms with Gasteiger partial charge in [0.25, 0.3) is 0 Å². The molecule has 1 rings (SSSR count). The zero-order valence-electron chi connectivity index (χ0n) is 7.85. The van der Waals surface area contributed by atoms with E-state index in [4.69, 9.17) is 17.4 Å². The number of hydrogen-bond donors (Lipinski definition) is 2. The third-order valence-corrected chi connectivity index (χ3v) is 3.51. The molecule has 0 amide bonds. The molecule has 2 nitrogen and oxygen atoms in total. The molecule has 0 fully saturated rings. The van der Waals surface area contributed by atoms with Crippen LogP contribution in [0.15, 0.2) is 30.4 Å². The maximum absolute atomic E-state index is 6.01. The minimum atomic E-state index is -0.0375. The van der Waals surface area contributed by atoms with Gasteiger partial charge in [0, 0.05) is 3.57 Å². The first-order chi connectivity index (χ1) is 6.56. The highest BCUT2D eigenvalue weighted by molar-refractivity contribution is 14.1. The number of hydrogen-bond acceptors (Lipinski definition) is 2. The molecule has 0 aromatic heterocycles. The molecule has 1 atom stereocenters. The van der Waals surface area contributed by atoms with Crippen LogP contribution in [-0.4, -0.2) is 0 Å². The lowest BCUT2D eigenvalue weighted by atomic mass is 10.0. The summed E-state index contributed by atoms with van der Waals surface area (Å²) in [5.74, 6) is 5.44. The fourth-order valence-corrected chi connectivity index (χ4v) is 1.74. The molecular formula is C10H12ClIN2. The highest BCUT2D eigenvalue weighted by atomic mass is 127. The number of rotatable bonds is 3. The van der Waals surface area contributed by atoms with E-state index >= 15 is 0 Å². The van der Waals surface area contributed by atoms with Crippen molar-refractivity contribution in [2.75, 3.05) is 0 Å². The molecule has 0 aliphatic heterocycles. The van der Waals surface area contributed by atoms with Crippen molar-refractivity contribution >= 4 is 34.2 Å². The molecule has 0 bridgehead atoms. The van der Waals surface area contributed by atoms with Gasteiger partial charge < -0.3 is 0 Å². The molecule has 76 valence electrons. The Morgan fingerprint density at radius 2 is 2.29 bits per heavy atom. The van der Waals surface area contributed by atoms with Gasteiger partial charge in [0.1, 0.15) is 0 Å². The van der Waals surface area contributed by atoms with Crippen molar-refractivity contribution in [3.8, 4) is 0 Å². The van der Waals surface area contributed by atoms with Crippen LogP contribution in [0.1, 0.15) is 18.5 Å². The minimum Gasteiger partial charge on any atom is -0.271 e. The van der Waals surface area contributed by atoms with E-state index in [1.165, 1.54) is 0 Å². The Hall–Kier alpha value is -0.100. The summed E-state index contributed by atoms with van der Waals surface area (Å²) >= 11 is 8.20. The van der Waals surface area contributed by atoms with Gasteiger partial charge in [-0.25, -0.2) is 5.43 Å². The first-order valence-corrected chi connectivity index (χ1v) is 5.58. The molecular weight excluding hydrogens is 310 g/mol. The summed E-state index contributed by atoms with van der Waals surface area (Å²) in [6.45, 7) is 5.79. The first kappa shape index (κ1) is 12.0. The molecule has 0 aliphatic rings. The second-order valence-electron chi connectivity index (χ2n) is 3.12. The zero-order chi connectivity index (χ0) is 10.7. The van der Waals surface area contributed by atoms with Crippen molar-refractivity contribution in [2.24, 2.45) is 5.84 Å². The standard InChI is InChI=1S/C10H12ClIN2/c1-6(2)10(14-13)7-3-4-9(12)8(11)5-7/h3-5,10,14H,1,13H2,2H3. The van der Waals surface area contributed by atoms with Gasteiger partial charge in [-0.2, -0.15) is 0 Å². The number of benzene rings is 1. The average molecular weight is 323 g/mol.